The quantitative estimate of drug-likeness (QED) is 0.238. The molecule has 58 valence electrons. The average molecular weight is 142 g/mol. The van der Waals surface area contributed by atoms with Crippen molar-refractivity contribution in [1.82, 2.24) is 5.32 Å². The first-order valence-corrected chi connectivity index (χ1v) is 3.51. The lowest BCUT2D eigenvalue weighted by molar-refractivity contribution is 0.690. The van der Waals surface area contributed by atoms with Gasteiger partial charge in [0, 0.05) is 6.54 Å². The lowest BCUT2D eigenvalue weighted by Gasteiger charge is -1.99. The van der Waals surface area contributed by atoms with Crippen molar-refractivity contribution in [2.24, 2.45) is 5.11 Å². The second kappa shape index (κ2) is 6.19. The van der Waals surface area contributed by atoms with Gasteiger partial charge in [0.1, 0.15) is 0 Å². The third-order valence-corrected chi connectivity index (χ3v) is 1.18. The van der Waals surface area contributed by atoms with E-state index >= 15 is 0 Å². The Bertz CT molecular complexity index is 110. The van der Waals surface area contributed by atoms with Crippen molar-refractivity contribution in [2.75, 3.05) is 6.54 Å². The van der Waals surface area contributed by atoms with Crippen LogP contribution in [0.1, 0.15) is 26.2 Å². The van der Waals surface area contributed by atoms with Crippen LogP contribution in [0.25, 0.3) is 0 Å². The van der Waals surface area contributed by atoms with Crippen LogP contribution in [0.4, 0.5) is 0 Å². The van der Waals surface area contributed by atoms with Crippen LogP contribution in [-0.4, -0.2) is 12.5 Å². The predicted molar refractivity (Wildman–Crippen MR) is 40.4 cm³/mol. The molecular formula is C6H14N4. The van der Waals surface area contributed by atoms with Crippen molar-refractivity contribution >= 4 is 5.96 Å². The number of rotatable bonds is 4. The van der Waals surface area contributed by atoms with E-state index in [0.29, 0.717) is 0 Å². The maximum atomic E-state index is 6.91. The SMILES string of the molecule is CCCCCNC(=N)N=N. The van der Waals surface area contributed by atoms with Crippen LogP contribution in [-0.2, 0) is 0 Å². The van der Waals surface area contributed by atoms with E-state index < -0.39 is 0 Å². The first-order valence-electron chi connectivity index (χ1n) is 3.51. The fourth-order valence-corrected chi connectivity index (χ4v) is 0.621. The first-order chi connectivity index (χ1) is 4.81. The number of nitrogens with one attached hydrogen (secondary N) is 3. The Balaban J connectivity index is 3.03. The molecule has 0 radical (unpaired) electrons. The Labute approximate surface area is 61.0 Å². The summed E-state index contributed by atoms with van der Waals surface area (Å²) in [5.74, 6) is -0.0453. The monoisotopic (exact) mass is 142 g/mol. The van der Waals surface area contributed by atoms with E-state index in [1.54, 1.807) is 0 Å². The van der Waals surface area contributed by atoms with Crippen LogP contribution < -0.4 is 5.32 Å². The number of hydrogen-bond donors (Lipinski definition) is 3. The summed E-state index contributed by atoms with van der Waals surface area (Å²) in [6, 6.07) is 0. The molecule has 0 aliphatic heterocycles. The van der Waals surface area contributed by atoms with Gasteiger partial charge in [-0.15, -0.1) is 5.11 Å². The fourth-order valence-electron chi connectivity index (χ4n) is 0.621. The molecule has 0 aromatic rings. The molecule has 0 bridgehead atoms. The third-order valence-electron chi connectivity index (χ3n) is 1.18. The zero-order valence-electron chi connectivity index (χ0n) is 6.28. The smallest absolute Gasteiger partial charge is 0.234 e. The molecule has 0 aromatic carbocycles. The summed E-state index contributed by atoms with van der Waals surface area (Å²) in [4.78, 5) is 0. The van der Waals surface area contributed by atoms with Crippen LogP contribution in [0.2, 0.25) is 0 Å². The molecule has 0 fully saturated rings. The number of guanidine groups is 1. The van der Waals surface area contributed by atoms with Gasteiger partial charge in [-0.25, -0.2) is 5.53 Å². The van der Waals surface area contributed by atoms with E-state index in [4.69, 9.17) is 10.9 Å². The summed E-state index contributed by atoms with van der Waals surface area (Å²) in [5.41, 5.74) is 6.43. The first kappa shape index (κ1) is 9.07. The Kier molecular flexibility index (Phi) is 5.62. The average Bonchev–Trinajstić information content (AvgIpc) is 1.98. The zero-order valence-corrected chi connectivity index (χ0v) is 6.28. The van der Waals surface area contributed by atoms with Crippen LogP contribution in [0.15, 0.2) is 5.11 Å². The molecule has 10 heavy (non-hydrogen) atoms. The lowest BCUT2D eigenvalue weighted by atomic mass is 10.2. The van der Waals surface area contributed by atoms with Crippen molar-refractivity contribution in [3.05, 3.63) is 0 Å². The van der Waals surface area contributed by atoms with E-state index in [0.717, 1.165) is 19.4 Å². The second-order valence-corrected chi connectivity index (χ2v) is 2.09. The molecule has 0 aliphatic carbocycles. The maximum absolute atomic E-state index is 6.91. The van der Waals surface area contributed by atoms with Gasteiger partial charge in [-0.2, -0.15) is 0 Å². The standard InChI is InChI=1S/C6H14N4/c1-2-3-4-5-9-6(7)10-8/h8H,2-5H2,1H3,(H2,7,9). The lowest BCUT2D eigenvalue weighted by Crippen LogP contribution is -2.20. The second-order valence-electron chi connectivity index (χ2n) is 2.09. The van der Waals surface area contributed by atoms with Gasteiger partial charge in [-0.1, -0.05) is 19.8 Å². The van der Waals surface area contributed by atoms with E-state index in [2.05, 4.69) is 17.4 Å². The van der Waals surface area contributed by atoms with E-state index in [1.165, 1.54) is 6.42 Å². The molecule has 4 heteroatoms. The largest absolute Gasteiger partial charge is 0.353 e. The molecule has 0 saturated heterocycles. The van der Waals surface area contributed by atoms with Gasteiger partial charge >= 0.3 is 0 Å². The molecule has 0 aliphatic rings. The Morgan fingerprint density at radius 2 is 2.20 bits per heavy atom. The topological polar surface area (TPSA) is 72.1 Å². The summed E-state index contributed by atoms with van der Waals surface area (Å²) in [6.45, 7) is 2.88. The molecule has 0 aromatic heterocycles. The highest BCUT2D eigenvalue weighted by Gasteiger charge is 1.88. The van der Waals surface area contributed by atoms with Crippen molar-refractivity contribution in [3.63, 3.8) is 0 Å². The molecule has 0 unspecified atom stereocenters. The van der Waals surface area contributed by atoms with Crippen molar-refractivity contribution in [1.29, 1.82) is 10.9 Å². The highest BCUT2D eigenvalue weighted by molar-refractivity contribution is 5.76. The molecule has 0 spiro atoms. The van der Waals surface area contributed by atoms with Gasteiger partial charge in [-0.3, -0.25) is 5.41 Å². The number of nitrogens with zero attached hydrogens (tertiary/aromatic N) is 1. The van der Waals surface area contributed by atoms with Gasteiger partial charge < -0.3 is 5.32 Å². The van der Waals surface area contributed by atoms with E-state index in [-0.39, 0.29) is 5.96 Å². The molecule has 0 amide bonds. The minimum absolute atomic E-state index is 0.0453. The highest BCUT2D eigenvalue weighted by atomic mass is 15.2. The third kappa shape index (κ3) is 5.21. The molecule has 0 saturated carbocycles. The van der Waals surface area contributed by atoms with Gasteiger partial charge in [0.2, 0.25) is 5.96 Å². The van der Waals surface area contributed by atoms with Crippen molar-refractivity contribution < 1.29 is 0 Å². The van der Waals surface area contributed by atoms with Gasteiger partial charge in [0.15, 0.2) is 0 Å². The minimum atomic E-state index is -0.0453. The molecule has 3 N–H and O–H groups in total. The van der Waals surface area contributed by atoms with Gasteiger partial charge in [0.25, 0.3) is 0 Å². The molecule has 4 nitrogen and oxygen atoms in total. The van der Waals surface area contributed by atoms with E-state index in [1.807, 2.05) is 0 Å². The molecule has 0 rings (SSSR count). The summed E-state index contributed by atoms with van der Waals surface area (Å²) in [5, 5.41) is 12.5. The summed E-state index contributed by atoms with van der Waals surface area (Å²) < 4.78 is 0. The zero-order chi connectivity index (χ0) is 7.82. The van der Waals surface area contributed by atoms with Crippen LogP contribution in [0.3, 0.4) is 0 Å². The van der Waals surface area contributed by atoms with Gasteiger partial charge in [-0.05, 0) is 6.42 Å². The van der Waals surface area contributed by atoms with Crippen molar-refractivity contribution in [2.45, 2.75) is 26.2 Å². The Morgan fingerprint density at radius 3 is 2.70 bits per heavy atom. The summed E-state index contributed by atoms with van der Waals surface area (Å²) in [7, 11) is 0. The minimum Gasteiger partial charge on any atom is -0.353 e. The van der Waals surface area contributed by atoms with Crippen LogP contribution in [0.5, 0.6) is 0 Å². The predicted octanol–water partition coefficient (Wildman–Crippen LogP) is 1.73. The highest BCUT2D eigenvalue weighted by Crippen LogP contribution is 1.90. The fraction of sp³-hybridized carbons (Fsp3) is 0.833. The normalized spacial score (nSPS) is 8.90. The van der Waals surface area contributed by atoms with Crippen LogP contribution in [0, 0.1) is 10.9 Å². The molecular weight excluding hydrogens is 128 g/mol. The van der Waals surface area contributed by atoms with Crippen LogP contribution >= 0.6 is 0 Å². The maximum Gasteiger partial charge on any atom is 0.234 e. The molecule has 0 heterocycles. The Morgan fingerprint density at radius 1 is 1.50 bits per heavy atom. The number of unbranched alkanes of at least 4 members (excludes halogenated alkanes) is 2. The molecule has 0 atom stereocenters. The van der Waals surface area contributed by atoms with Gasteiger partial charge in [0.05, 0.1) is 0 Å². The Hall–Kier alpha value is -0.930. The summed E-state index contributed by atoms with van der Waals surface area (Å²) in [6.07, 6.45) is 3.39. The summed E-state index contributed by atoms with van der Waals surface area (Å²) >= 11 is 0. The van der Waals surface area contributed by atoms with Crippen molar-refractivity contribution in [3.8, 4) is 0 Å². The van der Waals surface area contributed by atoms with E-state index in [9.17, 15) is 0 Å². The number of hydrogen-bond acceptors (Lipinski definition) is 2.